The average molecular weight is 593 g/mol. The molecule has 0 aromatic heterocycles. The van der Waals surface area contributed by atoms with E-state index < -0.39 is 5.97 Å². The molecule has 5 rings (SSSR count). The number of methoxy groups -OCH3 is 1. The fourth-order valence-electron chi connectivity index (χ4n) is 6.43. The number of esters is 1. The van der Waals surface area contributed by atoms with Crippen molar-refractivity contribution in [2.45, 2.75) is 67.2 Å². The molecule has 0 spiro atoms. The first kappa shape index (κ1) is 30.9. The van der Waals surface area contributed by atoms with Gasteiger partial charge in [0.25, 0.3) is 0 Å². The van der Waals surface area contributed by atoms with E-state index in [-0.39, 0.29) is 29.8 Å². The van der Waals surface area contributed by atoms with Crippen LogP contribution in [-0.2, 0) is 14.3 Å². The Morgan fingerprint density at radius 2 is 1.66 bits per heavy atom. The number of Topliss-reactive ketones (excluding diaryl/α,β-unsaturated/α-hetero) is 1. The highest BCUT2D eigenvalue weighted by atomic mass is 16.5. The molecule has 0 aromatic rings. The van der Waals surface area contributed by atoms with Gasteiger partial charge in [0, 0.05) is 40.8 Å². The Kier molecular flexibility index (Phi) is 8.55. The summed E-state index contributed by atoms with van der Waals surface area (Å²) in [7, 11) is 1.30. The molecule has 2 atom stereocenters. The topological polar surface area (TPSA) is 113 Å². The standard InChI is InChI=1S/C36H40N4O4/c1-9-23-19(4)26-13-27-21(6)25(12-11-18(3)41)32(39-27)16-33-36(34(42)17-35(43)44-8)22(7)29(40-33)15-31-24(10-2)20(5)28(38-31)14-30(23)37-26/h9,13-16,21,25,39,42H,1,10-12,17H2,2-8H3/t21-,25-/m0/s1. The van der Waals surface area contributed by atoms with Gasteiger partial charge in [-0.05, 0) is 87.1 Å². The molecule has 8 bridgehead atoms. The number of allylic oxidation sites excluding steroid dienone is 12. The Morgan fingerprint density at radius 3 is 2.32 bits per heavy atom. The summed E-state index contributed by atoms with van der Waals surface area (Å²) in [5.41, 5.74) is 11.8. The van der Waals surface area contributed by atoms with Crippen molar-refractivity contribution in [3.8, 4) is 0 Å². The van der Waals surface area contributed by atoms with E-state index in [1.807, 2.05) is 31.2 Å². The van der Waals surface area contributed by atoms with Gasteiger partial charge in [0.2, 0.25) is 0 Å². The molecule has 0 radical (unpaired) electrons. The van der Waals surface area contributed by atoms with Crippen molar-refractivity contribution in [3.63, 3.8) is 0 Å². The summed E-state index contributed by atoms with van der Waals surface area (Å²) in [6.07, 6.45) is 11.4. The Labute approximate surface area is 259 Å². The molecule has 1 fully saturated rings. The van der Waals surface area contributed by atoms with Crippen molar-refractivity contribution < 1.29 is 19.4 Å². The maximum absolute atomic E-state index is 12.2. The molecule has 1 saturated heterocycles. The highest BCUT2D eigenvalue weighted by molar-refractivity contribution is 6.17. The predicted molar refractivity (Wildman–Crippen MR) is 175 cm³/mol. The molecule has 5 heterocycles. The number of hydrogen-bond donors (Lipinski definition) is 2. The molecule has 0 aromatic carbocycles. The molecule has 8 heteroatoms. The van der Waals surface area contributed by atoms with Crippen molar-refractivity contribution in [1.82, 2.24) is 5.32 Å². The third-order valence-corrected chi connectivity index (χ3v) is 9.05. The van der Waals surface area contributed by atoms with Gasteiger partial charge in [-0.1, -0.05) is 26.5 Å². The quantitative estimate of drug-likeness (QED) is 0.244. The number of hydrogen-bond acceptors (Lipinski definition) is 8. The lowest BCUT2D eigenvalue weighted by molar-refractivity contribution is -0.140. The highest BCUT2D eigenvalue weighted by Crippen LogP contribution is 2.40. The molecule has 44 heavy (non-hydrogen) atoms. The predicted octanol–water partition coefficient (Wildman–Crippen LogP) is 7.00. The van der Waals surface area contributed by atoms with Crippen molar-refractivity contribution >= 4 is 28.9 Å². The molecule has 228 valence electrons. The molecule has 5 aliphatic rings. The van der Waals surface area contributed by atoms with E-state index in [1.165, 1.54) is 7.11 Å². The second kappa shape index (κ2) is 12.2. The summed E-state index contributed by atoms with van der Waals surface area (Å²) in [4.78, 5) is 39.3. The zero-order chi connectivity index (χ0) is 31.9. The maximum Gasteiger partial charge on any atom is 0.313 e. The number of aliphatic hydroxyl groups is 1. The minimum absolute atomic E-state index is 0.00858. The second-order valence-corrected chi connectivity index (χ2v) is 11.8. The van der Waals surface area contributed by atoms with Crippen LogP contribution in [0.1, 0.15) is 67.2 Å². The molecular weight excluding hydrogens is 552 g/mol. The lowest BCUT2D eigenvalue weighted by atomic mass is 9.87. The van der Waals surface area contributed by atoms with E-state index in [9.17, 15) is 14.7 Å². The normalized spacial score (nSPS) is 23.8. The largest absolute Gasteiger partial charge is 0.511 e. The van der Waals surface area contributed by atoms with E-state index in [1.54, 1.807) is 6.92 Å². The summed E-state index contributed by atoms with van der Waals surface area (Å²) >= 11 is 0. The number of ketones is 1. The SMILES string of the molecule is C=CC1=C(C)C2=NC1=CC1=NC(=CC3=C(C)C(=C(O)CC(=O)OC)C(=N3)C=C3NC(=C2)[C@@H](C)[C@@H]3CCC(C)=O)C(CC)=C1C. The third kappa shape index (κ3) is 5.56. The monoisotopic (exact) mass is 592 g/mol. The summed E-state index contributed by atoms with van der Waals surface area (Å²) < 4.78 is 4.85. The summed E-state index contributed by atoms with van der Waals surface area (Å²) in [6.45, 7) is 15.9. The Hall–Kier alpha value is -4.59. The number of aliphatic hydroxyl groups excluding tert-OH is 1. The minimum atomic E-state index is -0.541. The van der Waals surface area contributed by atoms with Crippen LogP contribution in [0.5, 0.6) is 0 Å². The molecule has 5 aliphatic heterocycles. The van der Waals surface area contributed by atoms with Crippen LogP contribution in [0, 0.1) is 11.8 Å². The van der Waals surface area contributed by atoms with Crippen LogP contribution in [0.25, 0.3) is 0 Å². The number of nitrogens with zero attached hydrogens (tertiary/aromatic N) is 3. The van der Waals surface area contributed by atoms with E-state index >= 15 is 0 Å². The third-order valence-electron chi connectivity index (χ3n) is 9.05. The van der Waals surface area contributed by atoms with Gasteiger partial charge in [-0.15, -0.1) is 0 Å². The van der Waals surface area contributed by atoms with Crippen molar-refractivity contribution in [2.24, 2.45) is 26.8 Å². The fraction of sp³-hybridized carbons (Fsp3) is 0.361. The second-order valence-electron chi connectivity index (χ2n) is 11.8. The molecule has 0 aliphatic carbocycles. The van der Waals surface area contributed by atoms with Crippen molar-refractivity contribution in [1.29, 1.82) is 0 Å². The van der Waals surface area contributed by atoms with Gasteiger partial charge in [-0.2, -0.15) is 0 Å². The Morgan fingerprint density at radius 1 is 0.977 bits per heavy atom. The lowest BCUT2D eigenvalue weighted by Crippen LogP contribution is -2.13. The van der Waals surface area contributed by atoms with E-state index in [0.29, 0.717) is 29.8 Å². The van der Waals surface area contributed by atoms with Gasteiger partial charge in [0.1, 0.15) is 18.0 Å². The number of nitrogens with one attached hydrogen (secondary N) is 1. The van der Waals surface area contributed by atoms with E-state index in [4.69, 9.17) is 19.7 Å². The number of aliphatic imine (C=N–C) groups is 3. The smallest absolute Gasteiger partial charge is 0.313 e. The molecule has 0 amide bonds. The average Bonchev–Trinajstić information content (AvgIpc) is 3.64. The number of carbonyl (C=O) groups is 2. The van der Waals surface area contributed by atoms with Gasteiger partial charge in [0.05, 0.1) is 41.3 Å². The van der Waals surface area contributed by atoms with Gasteiger partial charge in [-0.3, -0.25) is 4.79 Å². The van der Waals surface area contributed by atoms with Crippen molar-refractivity contribution in [3.05, 3.63) is 105 Å². The lowest BCUT2D eigenvalue weighted by Gasteiger charge is -2.15. The van der Waals surface area contributed by atoms with Crippen LogP contribution in [-0.4, -0.2) is 41.1 Å². The molecule has 8 nitrogen and oxygen atoms in total. The highest BCUT2D eigenvalue weighted by Gasteiger charge is 2.35. The Bertz CT molecular complexity index is 1730. The first-order valence-electron chi connectivity index (χ1n) is 15.1. The van der Waals surface area contributed by atoms with E-state index in [0.717, 1.165) is 68.5 Å². The van der Waals surface area contributed by atoms with Gasteiger partial charge >= 0.3 is 5.97 Å². The first-order chi connectivity index (χ1) is 21.0. The summed E-state index contributed by atoms with van der Waals surface area (Å²) in [5.74, 6) is -0.442. The summed E-state index contributed by atoms with van der Waals surface area (Å²) in [5, 5.41) is 14.8. The maximum atomic E-state index is 12.2. The Balaban J connectivity index is 1.78. The van der Waals surface area contributed by atoms with Crippen LogP contribution in [0.15, 0.2) is 120 Å². The molecule has 2 N–H and O–H groups in total. The number of rotatable bonds is 7. The first-order valence-corrected chi connectivity index (χ1v) is 15.1. The minimum Gasteiger partial charge on any atom is -0.511 e. The van der Waals surface area contributed by atoms with Crippen LogP contribution in [0.4, 0.5) is 0 Å². The van der Waals surface area contributed by atoms with Crippen LogP contribution in [0.2, 0.25) is 0 Å². The van der Waals surface area contributed by atoms with Gasteiger partial charge < -0.3 is 20.0 Å². The van der Waals surface area contributed by atoms with Crippen molar-refractivity contribution in [2.75, 3.05) is 7.11 Å². The zero-order valence-corrected chi connectivity index (χ0v) is 26.6. The molecule has 0 unspecified atom stereocenters. The number of ether oxygens (including phenoxy) is 1. The molecular formula is C36H40N4O4. The van der Waals surface area contributed by atoms with E-state index in [2.05, 4.69) is 45.7 Å². The van der Waals surface area contributed by atoms with Crippen LogP contribution < -0.4 is 5.32 Å². The number of fused-ring (bicyclic) bond motifs is 5. The number of carbonyl (C=O) groups excluding carboxylic acids is 2. The summed E-state index contributed by atoms with van der Waals surface area (Å²) in [6, 6.07) is 0. The van der Waals surface area contributed by atoms with Gasteiger partial charge in [0.15, 0.2) is 0 Å². The molecule has 0 saturated carbocycles. The van der Waals surface area contributed by atoms with Gasteiger partial charge in [-0.25, -0.2) is 15.0 Å². The van der Waals surface area contributed by atoms with Crippen LogP contribution >= 0.6 is 0 Å². The zero-order valence-electron chi connectivity index (χ0n) is 26.6. The van der Waals surface area contributed by atoms with Crippen LogP contribution in [0.3, 0.4) is 0 Å². The fourth-order valence-corrected chi connectivity index (χ4v) is 6.43.